The number of hydrogen-bond acceptors (Lipinski definition) is 5. The van der Waals surface area contributed by atoms with Crippen molar-refractivity contribution in [2.24, 2.45) is 4.99 Å². The Balaban J connectivity index is 1.36. The Hall–Kier alpha value is -4.56. The highest BCUT2D eigenvalue weighted by atomic mass is 32.2. The molecule has 1 aliphatic rings. The molecule has 7 nitrogen and oxygen atoms in total. The number of rotatable bonds is 7. The molecule has 188 valence electrons. The van der Waals surface area contributed by atoms with Crippen LogP contribution in [0.1, 0.15) is 11.1 Å². The molecule has 1 fully saturated rings. The van der Waals surface area contributed by atoms with Crippen LogP contribution in [-0.4, -0.2) is 38.0 Å². The zero-order chi connectivity index (χ0) is 26.1. The number of nitrogens with one attached hydrogen (secondary N) is 1. The Morgan fingerprint density at radius 3 is 2.53 bits per heavy atom. The molecule has 0 bridgehead atoms. The first-order chi connectivity index (χ1) is 18.6. The lowest BCUT2D eigenvalue weighted by molar-refractivity contribution is -0.306. The first-order valence-corrected chi connectivity index (χ1v) is 13.1. The predicted octanol–water partition coefficient (Wildman–Crippen LogP) is 4.72. The van der Waals surface area contributed by atoms with Crippen molar-refractivity contribution in [3.8, 4) is 0 Å². The number of aliphatic imine (C=N–C) groups is 1. The molecule has 8 heteroatoms. The first-order valence-electron chi connectivity index (χ1n) is 12.2. The van der Waals surface area contributed by atoms with Crippen molar-refractivity contribution in [3.05, 3.63) is 107 Å². The van der Waals surface area contributed by atoms with E-state index < -0.39 is 5.97 Å². The summed E-state index contributed by atoms with van der Waals surface area (Å²) in [5.74, 6) is -1.29. The Morgan fingerprint density at radius 2 is 1.71 bits per heavy atom. The van der Waals surface area contributed by atoms with Crippen LogP contribution in [-0.2, 0) is 22.6 Å². The largest absolute Gasteiger partial charge is 0.548 e. The molecule has 0 atom stereocenters. The maximum atomic E-state index is 13.7. The Kier molecular flexibility index (Phi) is 6.31. The molecular weight excluding hydrogens is 496 g/mol. The van der Waals surface area contributed by atoms with Crippen molar-refractivity contribution in [1.82, 2.24) is 14.5 Å². The number of fused-ring (bicyclic) bond motifs is 2. The molecule has 6 rings (SSSR count). The average molecular weight is 520 g/mol. The standard InChI is InChI=1S/C30H24N4O3S/c35-28(36)19-33-18-21(24-11-5-7-13-26(24)33)16-27-29(37)34(30(38-27)32-22-8-2-1-3-9-22)15-14-20-17-31-25-12-6-4-10-23(20)25/h1-13,16-18,31H,14-15,19H2,(H,35,36)/p-1. The zero-order valence-corrected chi connectivity index (χ0v) is 21.2. The van der Waals surface area contributed by atoms with Crippen LogP contribution >= 0.6 is 11.8 Å². The number of carbonyl (C=O) groups is 2. The summed E-state index contributed by atoms with van der Waals surface area (Å²) in [7, 11) is 0. The van der Waals surface area contributed by atoms with Gasteiger partial charge in [0.25, 0.3) is 5.91 Å². The highest BCUT2D eigenvalue weighted by molar-refractivity contribution is 8.18. The van der Waals surface area contributed by atoms with Gasteiger partial charge in [0.05, 0.1) is 23.1 Å². The van der Waals surface area contributed by atoms with Crippen LogP contribution in [0.25, 0.3) is 27.9 Å². The van der Waals surface area contributed by atoms with Crippen LogP contribution in [0.2, 0.25) is 0 Å². The van der Waals surface area contributed by atoms with Crippen LogP contribution in [0.4, 0.5) is 5.69 Å². The second-order valence-corrected chi connectivity index (χ2v) is 10.0. The number of carboxylic acids is 1. The second kappa shape index (κ2) is 10.1. The lowest BCUT2D eigenvalue weighted by Gasteiger charge is -2.15. The van der Waals surface area contributed by atoms with Gasteiger partial charge in [-0.05, 0) is 54.1 Å². The van der Waals surface area contributed by atoms with Gasteiger partial charge in [0.15, 0.2) is 5.17 Å². The van der Waals surface area contributed by atoms with Crippen LogP contribution in [0.3, 0.4) is 0 Å². The summed E-state index contributed by atoms with van der Waals surface area (Å²) in [6.07, 6.45) is 6.24. The maximum absolute atomic E-state index is 13.7. The summed E-state index contributed by atoms with van der Waals surface area (Å²) in [6.45, 7) is 0.214. The Bertz CT molecular complexity index is 1730. The molecule has 2 aromatic heterocycles. The summed E-state index contributed by atoms with van der Waals surface area (Å²) in [4.78, 5) is 35.4. The SMILES string of the molecule is O=C([O-])Cn1cc(C=C2SC(=Nc3ccccc3)N(CCc3c[nH]c4ccccc34)C2=O)c2ccccc21. The molecule has 5 aromatic rings. The van der Waals surface area contributed by atoms with Gasteiger partial charge in [-0.2, -0.15) is 0 Å². The molecule has 38 heavy (non-hydrogen) atoms. The number of carbonyl (C=O) groups excluding carboxylic acids is 2. The average Bonchev–Trinajstić information content (AvgIpc) is 3.58. The molecule has 1 N–H and O–H groups in total. The number of aromatic amines is 1. The Labute approximate surface area is 223 Å². The van der Waals surface area contributed by atoms with Crippen LogP contribution in [0.5, 0.6) is 0 Å². The molecule has 0 saturated carbocycles. The number of benzene rings is 3. The fraction of sp³-hybridized carbons (Fsp3) is 0.100. The summed E-state index contributed by atoms with van der Waals surface area (Å²) in [5, 5.41) is 13.9. The van der Waals surface area contributed by atoms with E-state index in [1.807, 2.05) is 85.1 Å². The van der Waals surface area contributed by atoms with Gasteiger partial charge in [0.1, 0.15) is 0 Å². The van der Waals surface area contributed by atoms with Gasteiger partial charge in [0, 0.05) is 46.3 Å². The van der Waals surface area contributed by atoms with Gasteiger partial charge in [-0.3, -0.25) is 9.69 Å². The zero-order valence-electron chi connectivity index (χ0n) is 20.3. The molecular formula is C30H23N4O3S-. The summed E-state index contributed by atoms with van der Waals surface area (Å²) in [5.41, 5.74) is 4.52. The quantitative estimate of drug-likeness (QED) is 0.315. The fourth-order valence-corrected chi connectivity index (χ4v) is 5.79. The number of aliphatic carboxylic acids is 1. The second-order valence-electron chi connectivity index (χ2n) is 9.01. The third kappa shape index (κ3) is 4.62. The highest BCUT2D eigenvalue weighted by Gasteiger charge is 2.33. The maximum Gasteiger partial charge on any atom is 0.266 e. The predicted molar refractivity (Wildman–Crippen MR) is 150 cm³/mol. The summed E-state index contributed by atoms with van der Waals surface area (Å²) in [6, 6.07) is 25.2. The number of carboxylic acid groups (broad SMARTS) is 1. The van der Waals surface area contributed by atoms with Gasteiger partial charge in [-0.15, -0.1) is 0 Å². The number of aromatic nitrogens is 2. The number of hydrogen-bond donors (Lipinski definition) is 1. The molecule has 0 unspecified atom stereocenters. The minimum absolute atomic E-state index is 0.124. The molecule has 1 aliphatic heterocycles. The van der Waals surface area contributed by atoms with E-state index in [0.29, 0.717) is 23.0 Å². The Morgan fingerprint density at radius 1 is 0.974 bits per heavy atom. The van der Waals surface area contributed by atoms with E-state index in [1.165, 1.54) is 11.8 Å². The van der Waals surface area contributed by atoms with E-state index in [0.717, 1.165) is 38.6 Å². The smallest absolute Gasteiger partial charge is 0.266 e. The number of amides is 1. The van der Waals surface area contributed by atoms with E-state index in [9.17, 15) is 14.7 Å². The van der Waals surface area contributed by atoms with Crippen molar-refractivity contribution in [2.45, 2.75) is 13.0 Å². The molecule has 3 aromatic carbocycles. The third-order valence-corrected chi connectivity index (χ3v) is 7.56. The number of thioether (sulfide) groups is 1. The minimum Gasteiger partial charge on any atom is -0.548 e. The highest BCUT2D eigenvalue weighted by Crippen LogP contribution is 2.36. The van der Waals surface area contributed by atoms with Gasteiger partial charge >= 0.3 is 0 Å². The molecule has 1 amide bonds. The molecule has 0 spiro atoms. The van der Waals surface area contributed by atoms with Crippen molar-refractivity contribution >= 4 is 62.4 Å². The number of H-pyrrole nitrogens is 1. The third-order valence-electron chi connectivity index (χ3n) is 6.55. The molecule has 1 saturated heterocycles. The van der Waals surface area contributed by atoms with Crippen molar-refractivity contribution in [3.63, 3.8) is 0 Å². The fourth-order valence-electron chi connectivity index (χ4n) is 4.77. The summed E-state index contributed by atoms with van der Waals surface area (Å²) < 4.78 is 1.63. The van der Waals surface area contributed by atoms with Crippen molar-refractivity contribution < 1.29 is 14.7 Å². The van der Waals surface area contributed by atoms with Gasteiger partial charge < -0.3 is 19.5 Å². The van der Waals surface area contributed by atoms with Crippen LogP contribution < -0.4 is 5.11 Å². The van der Waals surface area contributed by atoms with Crippen LogP contribution in [0, 0.1) is 0 Å². The van der Waals surface area contributed by atoms with E-state index in [1.54, 1.807) is 15.7 Å². The van der Waals surface area contributed by atoms with E-state index in [-0.39, 0.29) is 12.5 Å². The normalized spacial score (nSPS) is 15.9. The van der Waals surface area contributed by atoms with Gasteiger partial charge in [-0.25, -0.2) is 4.99 Å². The van der Waals surface area contributed by atoms with E-state index in [4.69, 9.17) is 4.99 Å². The van der Waals surface area contributed by atoms with E-state index >= 15 is 0 Å². The number of nitrogens with zero attached hydrogens (tertiary/aromatic N) is 3. The molecule has 0 aliphatic carbocycles. The first kappa shape index (κ1) is 23.8. The lowest BCUT2D eigenvalue weighted by Crippen LogP contribution is -2.31. The summed E-state index contributed by atoms with van der Waals surface area (Å²) >= 11 is 1.33. The van der Waals surface area contributed by atoms with Crippen LogP contribution in [0.15, 0.2) is 101 Å². The topological polar surface area (TPSA) is 93.5 Å². The lowest BCUT2D eigenvalue weighted by atomic mass is 10.1. The van der Waals surface area contributed by atoms with Crippen molar-refractivity contribution in [2.75, 3.05) is 6.54 Å². The molecule has 0 radical (unpaired) electrons. The van der Waals surface area contributed by atoms with Crippen molar-refractivity contribution in [1.29, 1.82) is 0 Å². The molecule has 3 heterocycles. The minimum atomic E-state index is -1.17. The number of amidine groups is 1. The van der Waals surface area contributed by atoms with E-state index in [2.05, 4.69) is 11.1 Å². The van der Waals surface area contributed by atoms with Gasteiger partial charge in [0.2, 0.25) is 0 Å². The number of para-hydroxylation sites is 3. The van der Waals surface area contributed by atoms with Gasteiger partial charge in [-0.1, -0.05) is 54.6 Å². The monoisotopic (exact) mass is 519 g/mol.